The molecule has 0 radical (unpaired) electrons. The molecule has 0 saturated heterocycles. The van der Waals surface area contributed by atoms with Crippen LogP contribution in [0.5, 0.6) is 0 Å². The molecule has 3 aromatic rings. The largest absolute Gasteiger partial charge is 0.399 e. The zero-order valence-electron chi connectivity index (χ0n) is 11.0. The Morgan fingerprint density at radius 1 is 1.05 bits per heavy atom. The number of fused-ring (bicyclic) bond motifs is 1. The second kappa shape index (κ2) is 4.31. The van der Waals surface area contributed by atoms with Gasteiger partial charge in [-0.2, -0.15) is 0 Å². The molecule has 0 aliphatic rings. The highest BCUT2D eigenvalue weighted by Gasteiger charge is 2.05. The van der Waals surface area contributed by atoms with E-state index < -0.39 is 0 Å². The second-order valence-electron chi connectivity index (χ2n) is 4.80. The summed E-state index contributed by atoms with van der Waals surface area (Å²) in [5.74, 6) is 0.867. The highest BCUT2D eigenvalue weighted by molar-refractivity contribution is 5.82. The van der Waals surface area contributed by atoms with Gasteiger partial charge in [-0.25, -0.2) is 4.98 Å². The van der Waals surface area contributed by atoms with E-state index in [9.17, 15) is 0 Å². The summed E-state index contributed by atoms with van der Waals surface area (Å²) in [7, 11) is 4.05. The predicted octanol–water partition coefficient (Wildman–Crippen LogP) is 2.88. The molecule has 0 aliphatic heterocycles. The van der Waals surface area contributed by atoms with Crippen molar-refractivity contribution in [2.45, 2.75) is 0 Å². The molecule has 0 bridgehead atoms. The van der Waals surface area contributed by atoms with Gasteiger partial charge < -0.3 is 15.6 Å². The lowest BCUT2D eigenvalue weighted by Crippen LogP contribution is -2.07. The van der Waals surface area contributed by atoms with Crippen LogP contribution < -0.4 is 10.6 Å². The molecule has 4 nitrogen and oxygen atoms in total. The van der Waals surface area contributed by atoms with Gasteiger partial charge in [0.25, 0.3) is 0 Å². The zero-order chi connectivity index (χ0) is 13.4. The lowest BCUT2D eigenvalue weighted by atomic mass is 10.2. The van der Waals surface area contributed by atoms with E-state index in [0.29, 0.717) is 0 Å². The molecule has 19 heavy (non-hydrogen) atoms. The third-order valence-electron chi connectivity index (χ3n) is 3.16. The van der Waals surface area contributed by atoms with Gasteiger partial charge in [0.1, 0.15) is 5.82 Å². The normalized spacial score (nSPS) is 10.8. The molecule has 96 valence electrons. The first kappa shape index (κ1) is 11.6. The summed E-state index contributed by atoms with van der Waals surface area (Å²) < 4.78 is 0. The minimum Gasteiger partial charge on any atom is -0.399 e. The highest BCUT2D eigenvalue weighted by Crippen LogP contribution is 2.23. The third-order valence-corrected chi connectivity index (χ3v) is 3.16. The van der Waals surface area contributed by atoms with E-state index in [2.05, 4.69) is 39.1 Å². The van der Waals surface area contributed by atoms with E-state index in [4.69, 9.17) is 5.73 Å². The maximum atomic E-state index is 5.77. The van der Waals surface area contributed by atoms with Crippen LogP contribution in [0.4, 0.5) is 11.4 Å². The van der Waals surface area contributed by atoms with Gasteiger partial charge in [-0.3, -0.25) is 0 Å². The van der Waals surface area contributed by atoms with Crippen LogP contribution in [0, 0.1) is 0 Å². The molecule has 1 heterocycles. The van der Waals surface area contributed by atoms with Gasteiger partial charge in [-0.15, -0.1) is 0 Å². The molecular weight excluding hydrogens is 236 g/mol. The summed E-state index contributed by atoms with van der Waals surface area (Å²) in [6.07, 6.45) is 0. The number of imidazole rings is 1. The van der Waals surface area contributed by atoms with Gasteiger partial charge in [0.2, 0.25) is 0 Å². The van der Waals surface area contributed by atoms with Crippen LogP contribution in [0.25, 0.3) is 22.4 Å². The van der Waals surface area contributed by atoms with Crippen LogP contribution in [0.2, 0.25) is 0 Å². The van der Waals surface area contributed by atoms with Gasteiger partial charge >= 0.3 is 0 Å². The van der Waals surface area contributed by atoms with Crippen LogP contribution in [0.3, 0.4) is 0 Å². The van der Waals surface area contributed by atoms with Gasteiger partial charge in [-0.1, -0.05) is 0 Å². The number of H-pyrrole nitrogens is 1. The predicted molar refractivity (Wildman–Crippen MR) is 80.3 cm³/mol. The van der Waals surface area contributed by atoms with Crippen LogP contribution >= 0.6 is 0 Å². The Bertz CT molecular complexity index is 711. The fourth-order valence-corrected chi connectivity index (χ4v) is 2.08. The van der Waals surface area contributed by atoms with E-state index in [-0.39, 0.29) is 0 Å². The standard InChI is InChI=1S/C15H16N4/c1-19(2)12-6-3-10(4-7-12)15-17-13-8-5-11(16)9-14(13)18-15/h3-9H,16H2,1-2H3,(H,17,18). The molecule has 0 spiro atoms. The summed E-state index contributed by atoms with van der Waals surface area (Å²) in [5, 5.41) is 0. The molecule has 0 saturated carbocycles. The van der Waals surface area contributed by atoms with Crippen molar-refractivity contribution in [3.8, 4) is 11.4 Å². The molecule has 3 N–H and O–H groups in total. The van der Waals surface area contributed by atoms with Gasteiger partial charge in [0.05, 0.1) is 11.0 Å². The average Bonchev–Trinajstić information content (AvgIpc) is 2.81. The Morgan fingerprint density at radius 2 is 1.79 bits per heavy atom. The Morgan fingerprint density at radius 3 is 2.47 bits per heavy atom. The topological polar surface area (TPSA) is 57.9 Å². The molecule has 0 fully saturated rings. The van der Waals surface area contributed by atoms with Crippen molar-refractivity contribution in [2.24, 2.45) is 0 Å². The molecule has 2 aromatic carbocycles. The van der Waals surface area contributed by atoms with Crippen LogP contribution in [-0.4, -0.2) is 24.1 Å². The number of nitrogens with one attached hydrogen (secondary N) is 1. The summed E-state index contributed by atoms with van der Waals surface area (Å²) in [6.45, 7) is 0. The molecule has 0 aliphatic carbocycles. The number of rotatable bonds is 2. The quantitative estimate of drug-likeness (QED) is 0.689. The Kier molecular flexibility index (Phi) is 2.63. The molecule has 4 heteroatoms. The Hall–Kier alpha value is -2.49. The van der Waals surface area contributed by atoms with E-state index in [1.165, 1.54) is 5.69 Å². The number of aromatic amines is 1. The Labute approximate surface area is 111 Å². The van der Waals surface area contributed by atoms with E-state index in [1.54, 1.807) is 0 Å². The van der Waals surface area contributed by atoms with Crippen molar-refractivity contribution in [1.82, 2.24) is 9.97 Å². The lowest BCUT2D eigenvalue weighted by Gasteiger charge is -2.11. The van der Waals surface area contributed by atoms with Gasteiger partial charge in [-0.05, 0) is 42.5 Å². The third kappa shape index (κ3) is 2.12. The summed E-state index contributed by atoms with van der Waals surface area (Å²) in [6, 6.07) is 14.0. The molecular formula is C15H16N4. The number of nitrogens with two attached hydrogens (primary N) is 1. The average molecular weight is 252 g/mol. The second-order valence-corrected chi connectivity index (χ2v) is 4.80. The van der Waals surface area contributed by atoms with Gasteiger partial charge in [0, 0.05) is 31.0 Å². The van der Waals surface area contributed by atoms with Crippen LogP contribution in [0.15, 0.2) is 42.5 Å². The zero-order valence-corrected chi connectivity index (χ0v) is 11.0. The monoisotopic (exact) mass is 252 g/mol. The molecule has 0 unspecified atom stereocenters. The minimum absolute atomic E-state index is 0.730. The number of hydrogen-bond donors (Lipinski definition) is 2. The van der Waals surface area contributed by atoms with Crippen molar-refractivity contribution in [1.29, 1.82) is 0 Å². The number of aromatic nitrogens is 2. The number of nitrogen functional groups attached to an aromatic ring is 1. The number of nitrogens with zero attached hydrogens (tertiary/aromatic N) is 2. The Balaban J connectivity index is 2.03. The number of benzene rings is 2. The van der Waals surface area contributed by atoms with Crippen LogP contribution in [-0.2, 0) is 0 Å². The molecule has 0 amide bonds. The first-order valence-corrected chi connectivity index (χ1v) is 6.16. The highest BCUT2D eigenvalue weighted by atomic mass is 15.1. The molecule has 0 atom stereocenters. The van der Waals surface area contributed by atoms with E-state index >= 15 is 0 Å². The molecule has 1 aromatic heterocycles. The minimum atomic E-state index is 0.730. The summed E-state index contributed by atoms with van der Waals surface area (Å²) in [5.41, 5.74) is 10.6. The fourth-order valence-electron chi connectivity index (χ4n) is 2.08. The summed E-state index contributed by atoms with van der Waals surface area (Å²) in [4.78, 5) is 9.95. The molecule has 3 rings (SSSR count). The van der Waals surface area contributed by atoms with Crippen molar-refractivity contribution >= 4 is 22.4 Å². The smallest absolute Gasteiger partial charge is 0.138 e. The maximum Gasteiger partial charge on any atom is 0.138 e. The van der Waals surface area contributed by atoms with E-state index in [0.717, 1.165) is 28.1 Å². The van der Waals surface area contributed by atoms with Crippen molar-refractivity contribution in [3.63, 3.8) is 0 Å². The SMILES string of the molecule is CN(C)c1ccc(-c2nc3cc(N)ccc3[nH]2)cc1. The summed E-state index contributed by atoms with van der Waals surface area (Å²) >= 11 is 0. The van der Waals surface area contributed by atoms with Crippen molar-refractivity contribution < 1.29 is 0 Å². The van der Waals surface area contributed by atoms with Gasteiger partial charge in [0.15, 0.2) is 0 Å². The fraction of sp³-hybridized carbons (Fsp3) is 0.133. The lowest BCUT2D eigenvalue weighted by molar-refractivity contribution is 1.13. The number of hydrogen-bond acceptors (Lipinski definition) is 3. The first-order valence-electron chi connectivity index (χ1n) is 6.16. The van der Waals surface area contributed by atoms with E-state index in [1.807, 2.05) is 32.3 Å². The van der Waals surface area contributed by atoms with Crippen LogP contribution in [0.1, 0.15) is 0 Å². The number of anilines is 2. The van der Waals surface area contributed by atoms with Crippen molar-refractivity contribution in [3.05, 3.63) is 42.5 Å². The maximum absolute atomic E-state index is 5.77. The van der Waals surface area contributed by atoms with Crippen molar-refractivity contribution in [2.75, 3.05) is 24.7 Å². The first-order chi connectivity index (χ1) is 9.13.